The van der Waals surface area contributed by atoms with Crippen molar-refractivity contribution in [3.8, 4) is 0 Å². The predicted molar refractivity (Wildman–Crippen MR) is 97.2 cm³/mol. The molecule has 2 heterocycles. The lowest BCUT2D eigenvalue weighted by atomic mass is 9.96. The summed E-state index contributed by atoms with van der Waals surface area (Å²) in [6.45, 7) is 6.69. The highest BCUT2D eigenvalue weighted by atomic mass is 16.6. The maximum absolute atomic E-state index is 12.4. The van der Waals surface area contributed by atoms with Crippen LogP contribution in [0.2, 0.25) is 0 Å². The number of fused-ring (bicyclic) bond motifs is 1. The summed E-state index contributed by atoms with van der Waals surface area (Å²) in [6.07, 6.45) is 4.37. The minimum atomic E-state index is -0.518. The smallest absolute Gasteiger partial charge is 0.410 e. The molecule has 0 saturated carbocycles. The second-order valence-electron chi connectivity index (χ2n) is 7.21. The van der Waals surface area contributed by atoms with E-state index < -0.39 is 11.5 Å². The number of carbonyl (C=O) groups is 2. The van der Waals surface area contributed by atoms with Crippen LogP contribution < -0.4 is 5.73 Å². The second kappa shape index (κ2) is 6.27. The van der Waals surface area contributed by atoms with E-state index in [9.17, 15) is 9.59 Å². The maximum atomic E-state index is 12.4. The second-order valence-corrected chi connectivity index (χ2v) is 7.21. The summed E-state index contributed by atoms with van der Waals surface area (Å²) in [5, 5.41) is 0.925. The van der Waals surface area contributed by atoms with Gasteiger partial charge in [0.05, 0.1) is 11.1 Å². The summed E-state index contributed by atoms with van der Waals surface area (Å²) in [7, 11) is 0. The van der Waals surface area contributed by atoms with Crippen LogP contribution in [0, 0.1) is 0 Å². The van der Waals surface area contributed by atoms with Gasteiger partial charge >= 0.3 is 6.09 Å². The van der Waals surface area contributed by atoms with Crippen LogP contribution in [0.3, 0.4) is 0 Å². The Labute approximate surface area is 146 Å². The van der Waals surface area contributed by atoms with Crippen molar-refractivity contribution in [2.24, 2.45) is 5.73 Å². The number of amides is 2. The lowest BCUT2D eigenvalue weighted by molar-refractivity contribution is 0.0273. The zero-order valence-corrected chi connectivity index (χ0v) is 14.8. The largest absolute Gasteiger partial charge is 0.444 e. The van der Waals surface area contributed by atoms with Crippen molar-refractivity contribution in [2.75, 3.05) is 13.1 Å². The van der Waals surface area contributed by atoms with Crippen molar-refractivity contribution < 1.29 is 14.3 Å². The van der Waals surface area contributed by atoms with E-state index in [1.807, 2.05) is 32.9 Å². The van der Waals surface area contributed by atoms with Gasteiger partial charge in [-0.15, -0.1) is 0 Å². The molecule has 0 fully saturated rings. The van der Waals surface area contributed by atoms with Crippen LogP contribution in [0.4, 0.5) is 4.79 Å². The minimum Gasteiger partial charge on any atom is -0.444 e. The Hall–Kier alpha value is -2.76. The molecule has 2 amide bonds. The molecule has 6 nitrogen and oxygen atoms in total. The Kier molecular flexibility index (Phi) is 4.29. The lowest BCUT2D eigenvalue weighted by Crippen LogP contribution is -2.39. The number of H-pyrrole nitrogens is 1. The quantitative estimate of drug-likeness (QED) is 0.878. The van der Waals surface area contributed by atoms with Gasteiger partial charge in [-0.1, -0.05) is 12.1 Å². The first-order chi connectivity index (χ1) is 11.8. The van der Waals surface area contributed by atoms with Gasteiger partial charge in [-0.25, -0.2) is 4.79 Å². The number of nitrogens with zero attached hydrogens (tertiary/aromatic N) is 1. The molecule has 1 aliphatic rings. The zero-order chi connectivity index (χ0) is 18.2. The highest BCUT2D eigenvalue weighted by molar-refractivity contribution is 6.08. The molecule has 3 rings (SSSR count). The topological polar surface area (TPSA) is 88.4 Å². The van der Waals surface area contributed by atoms with E-state index in [-0.39, 0.29) is 6.09 Å². The van der Waals surface area contributed by atoms with E-state index in [0.717, 1.165) is 28.5 Å². The molecule has 2 aromatic rings. The number of ether oxygens (including phenoxy) is 1. The van der Waals surface area contributed by atoms with Crippen LogP contribution in [0.25, 0.3) is 16.5 Å². The number of aromatic amines is 1. The fraction of sp³-hybridized carbons (Fsp3) is 0.368. The minimum absolute atomic E-state index is 0.308. The van der Waals surface area contributed by atoms with Crippen LogP contribution in [0.1, 0.15) is 43.1 Å². The summed E-state index contributed by atoms with van der Waals surface area (Å²) < 4.78 is 5.48. The molecule has 3 N–H and O–H groups in total. The van der Waals surface area contributed by atoms with Gasteiger partial charge in [-0.2, -0.15) is 0 Å². The number of aromatic nitrogens is 1. The van der Waals surface area contributed by atoms with Gasteiger partial charge in [0.15, 0.2) is 0 Å². The van der Waals surface area contributed by atoms with Crippen LogP contribution in [0.5, 0.6) is 0 Å². The standard InChI is InChI=1S/C19H23N3O3/c1-19(2,3)25-18(24)22-10-4-5-12(11-22)13-6-7-15(17(20)23)16-14(13)8-9-21-16/h5-9,21H,4,10-11H2,1-3H3,(H2,20,23). The van der Waals surface area contributed by atoms with Gasteiger partial charge in [-0.3, -0.25) is 4.79 Å². The molecule has 1 aliphatic heterocycles. The molecule has 0 spiro atoms. The first-order valence-corrected chi connectivity index (χ1v) is 8.33. The predicted octanol–water partition coefficient (Wildman–Crippen LogP) is 3.29. The SMILES string of the molecule is CC(C)(C)OC(=O)N1CCC=C(c2ccc(C(N)=O)c3[nH]ccc23)C1. The van der Waals surface area contributed by atoms with Crippen LogP contribution in [-0.4, -0.2) is 40.6 Å². The summed E-state index contributed by atoms with van der Waals surface area (Å²) in [5.41, 5.74) is 8.15. The van der Waals surface area contributed by atoms with E-state index in [0.29, 0.717) is 18.7 Å². The number of hydrogen-bond donors (Lipinski definition) is 2. The molecular formula is C19H23N3O3. The van der Waals surface area contributed by atoms with E-state index in [2.05, 4.69) is 11.1 Å². The molecular weight excluding hydrogens is 318 g/mol. The number of nitrogens with two attached hydrogens (primary N) is 1. The highest BCUT2D eigenvalue weighted by Crippen LogP contribution is 2.30. The van der Waals surface area contributed by atoms with Crippen molar-refractivity contribution >= 4 is 28.5 Å². The summed E-state index contributed by atoms with van der Waals surface area (Å²) in [6, 6.07) is 5.54. The van der Waals surface area contributed by atoms with Crippen LogP contribution in [0.15, 0.2) is 30.5 Å². The van der Waals surface area contributed by atoms with Crippen molar-refractivity contribution in [3.05, 3.63) is 41.6 Å². The fourth-order valence-corrected chi connectivity index (χ4v) is 3.06. The summed E-state index contributed by atoms with van der Waals surface area (Å²) in [4.78, 5) is 28.7. The van der Waals surface area contributed by atoms with Gasteiger partial charge in [0, 0.05) is 24.7 Å². The normalized spacial score (nSPS) is 15.2. The Morgan fingerprint density at radius 2 is 2.00 bits per heavy atom. The fourth-order valence-electron chi connectivity index (χ4n) is 3.06. The number of nitrogens with one attached hydrogen (secondary N) is 1. The third-order valence-corrected chi connectivity index (χ3v) is 4.14. The van der Waals surface area contributed by atoms with Crippen LogP contribution in [-0.2, 0) is 4.74 Å². The first kappa shape index (κ1) is 17.1. The Bertz CT molecular complexity index is 858. The monoisotopic (exact) mass is 341 g/mol. The number of primary amides is 1. The van der Waals surface area contributed by atoms with Crippen molar-refractivity contribution in [1.82, 2.24) is 9.88 Å². The van der Waals surface area contributed by atoms with Crippen molar-refractivity contribution in [2.45, 2.75) is 32.8 Å². The molecule has 0 bridgehead atoms. The van der Waals surface area contributed by atoms with E-state index >= 15 is 0 Å². The maximum Gasteiger partial charge on any atom is 0.410 e. The molecule has 0 radical (unpaired) electrons. The summed E-state index contributed by atoms with van der Waals surface area (Å²) >= 11 is 0. The van der Waals surface area contributed by atoms with E-state index in [1.54, 1.807) is 17.2 Å². The van der Waals surface area contributed by atoms with Gasteiger partial charge < -0.3 is 20.4 Å². The molecule has 0 atom stereocenters. The van der Waals surface area contributed by atoms with Gasteiger partial charge in [0.2, 0.25) is 0 Å². The number of rotatable bonds is 2. The third kappa shape index (κ3) is 3.52. The molecule has 1 aromatic carbocycles. The first-order valence-electron chi connectivity index (χ1n) is 8.33. The van der Waals surface area contributed by atoms with Gasteiger partial charge in [0.1, 0.15) is 5.60 Å². The molecule has 132 valence electrons. The van der Waals surface area contributed by atoms with Gasteiger partial charge in [0.25, 0.3) is 5.91 Å². The lowest BCUT2D eigenvalue weighted by Gasteiger charge is -2.30. The Balaban J connectivity index is 1.90. The average Bonchev–Trinajstić information content (AvgIpc) is 3.01. The number of carbonyl (C=O) groups excluding carboxylic acids is 2. The molecule has 0 unspecified atom stereocenters. The Morgan fingerprint density at radius 3 is 2.68 bits per heavy atom. The number of hydrogen-bond acceptors (Lipinski definition) is 3. The number of benzene rings is 1. The third-order valence-electron chi connectivity index (χ3n) is 4.14. The van der Waals surface area contributed by atoms with Crippen LogP contribution >= 0.6 is 0 Å². The van der Waals surface area contributed by atoms with Crippen molar-refractivity contribution in [3.63, 3.8) is 0 Å². The van der Waals surface area contributed by atoms with Crippen molar-refractivity contribution in [1.29, 1.82) is 0 Å². The molecule has 0 aliphatic carbocycles. The highest BCUT2D eigenvalue weighted by Gasteiger charge is 2.25. The van der Waals surface area contributed by atoms with E-state index in [1.165, 1.54) is 0 Å². The zero-order valence-electron chi connectivity index (χ0n) is 14.8. The summed E-state index contributed by atoms with van der Waals surface area (Å²) in [5.74, 6) is -0.466. The van der Waals surface area contributed by atoms with E-state index in [4.69, 9.17) is 10.5 Å². The molecule has 25 heavy (non-hydrogen) atoms. The molecule has 6 heteroatoms. The molecule has 0 saturated heterocycles. The average molecular weight is 341 g/mol. The van der Waals surface area contributed by atoms with Gasteiger partial charge in [-0.05, 0) is 50.5 Å². The molecule has 1 aromatic heterocycles. The Morgan fingerprint density at radius 1 is 1.24 bits per heavy atom.